The second-order valence-corrected chi connectivity index (χ2v) is 8.43. The molecule has 1 unspecified atom stereocenters. The summed E-state index contributed by atoms with van der Waals surface area (Å²) in [7, 11) is 0. The molecular formula is C20H28N2. The fourth-order valence-electron chi connectivity index (χ4n) is 5.37. The largest absolute Gasteiger partial charge is 0.316 e. The average Bonchev–Trinajstić information content (AvgIpc) is 3.20. The maximum absolute atomic E-state index is 3.47. The third-order valence-electron chi connectivity index (χ3n) is 6.67. The van der Waals surface area contributed by atoms with Crippen molar-refractivity contribution in [3.8, 4) is 0 Å². The maximum atomic E-state index is 3.47. The Kier molecular flexibility index (Phi) is 3.13. The van der Waals surface area contributed by atoms with Crippen molar-refractivity contribution in [1.29, 1.82) is 0 Å². The van der Waals surface area contributed by atoms with E-state index in [2.05, 4.69) is 34.5 Å². The lowest BCUT2D eigenvalue weighted by molar-refractivity contribution is -0.0174. The third-order valence-corrected chi connectivity index (χ3v) is 6.67. The predicted molar refractivity (Wildman–Crippen MR) is 90.0 cm³/mol. The number of rotatable bonds is 4. The minimum Gasteiger partial charge on any atom is -0.316 e. The molecule has 22 heavy (non-hydrogen) atoms. The van der Waals surface area contributed by atoms with Gasteiger partial charge >= 0.3 is 0 Å². The zero-order valence-corrected chi connectivity index (χ0v) is 13.6. The molecule has 2 saturated heterocycles. The molecule has 2 nitrogen and oxygen atoms in total. The van der Waals surface area contributed by atoms with Gasteiger partial charge in [0.05, 0.1) is 0 Å². The molecule has 1 N–H and O–H groups in total. The molecule has 2 heteroatoms. The van der Waals surface area contributed by atoms with E-state index in [1.807, 2.05) is 0 Å². The molecule has 4 aliphatic rings. The standard InChI is InChI=1S/C20H28N2/c1-2-5-18(17(4-1)16-7-8-16)19-6-3-9-22(19)12-15-10-20(11-15)13-21-14-20/h1-2,4-5,15-16,19,21H,3,6-14H2. The first-order valence-electron chi connectivity index (χ1n) is 9.37. The van der Waals surface area contributed by atoms with Gasteiger partial charge in [-0.15, -0.1) is 0 Å². The molecule has 2 aliphatic heterocycles. The summed E-state index contributed by atoms with van der Waals surface area (Å²) in [6.07, 6.45) is 8.57. The number of likely N-dealkylation sites (tertiary alicyclic amines) is 1. The van der Waals surface area contributed by atoms with Crippen molar-refractivity contribution in [2.24, 2.45) is 11.3 Å². The predicted octanol–water partition coefficient (Wildman–Crippen LogP) is 3.70. The highest BCUT2D eigenvalue weighted by molar-refractivity contribution is 5.36. The van der Waals surface area contributed by atoms with Gasteiger partial charge in [0.25, 0.3) is 0 Å². The summed E-state index contributed by atoms with van der Waals surface area (Å²) in [5.74, 6) is 1.85. The highest BCUT2D eigenvalue weighted by Crippen LogP contribution is 2.50. The van der Waals surface area contributed by atoms with Crippen LogP contribution in [0.4, 0.5) is 0 Å². The molecule has 5 rings (SSSR count). The van der Waals surface area contributed by atoms with E-state index in [1.54, 1.807) is 11.1 Å². The molecule has 2 saturated carbocycles. The van der Waals surface area contributed by atoms with Gasteiger partial charge in [0.2, 0.25) is 0 Å². The molecule has 118 valence electrons. The first-order chi connectivity index (χ1) is 10.8. The minimum atomic E-state index is 0.716. The highest BCUT2D eigenvalue weighted by Gasteiger charge is 2.49. The summed E-state index contributed by atoms with van der Waals surface area (Å²) in [4.78, 5) is 2.82. The van der Waals surface area contributed by atoms with E-state index in [9.17, 15) is 0 Å². The van der Waals surface area contributed by atoms with E-state index in [0.29, 0.717) is 6.04 Å². The topological polar surface area (TPSA) is 15.3 Å². The Balaban J connectivity index is 1.30. The summed E-state index contributed by atoms with van der Waals surface area (Å²) >= 11 is 0. The van der Waals surface area contributed by atoms with Crippen LogP contribution >= 0.6 is 0 Å². The van der Waals surface area contributed by atoms with E-state index in [4.69, 9.17) is 0 Å². The summed E-state index contributed by atoms with van der Waals surface area (Å²) < 4.78 is 0. The van der Waals surface area contributed by atoms with Gasteiger partial charge < -0.3 is 5.32 Å². The molecule has 2 heterocycles. The molecule has 2 aliphatic carbocycles. The van der Waals surface area contributed by atoms with Crippen molar-refractivity contribution in [3.63, 3.8) is 0 Å². The molecule has 1 spiro atoms. The molecule has 0 bridgehead atoms. The lowest BCUT2D eigenvalue weighted by Gasteiger charge is -2.55. The molecule has 4 fully saturated rings. The smallest absolute Gasteiger partial charge is 0.0351 e. The Morgan fingerprint density at radius 1 is 1.05 bits per heavy atom. The second kappa shape index (κ2) is 5.07. The van der Waals surface area contributed by atoms with Gasteiger partial charge in [0, 0.05) is 25.7 Å². The van der Waals surface area contributed by atoms with Crippen LogP contribution in [0.25, 0.3) is 0 Å². The number of hydrogen-bond donors (Lipinski definition) is 1. The first kappa shape index (κ1) is 13.6. The number of benzene rings is 1. The molecule has 1 aromatic rings. The maximum Gasteiger partial charge on any atom is 0.0351 e. The Morgan fingerprint density at radius 2 is 1.82 bits per heavy atom. The number of nitrogens with one attached hydrogen (secondary N) is 1. The van der Waals surface area contributed by atoms with Crippen LogP contribution in [0.2, 0.25) is 0 Å². The van der Waals surface area contributed by atoms with Gasteiger partial charge in [0.1, 0.15) is 0 Å². The summed E-state index contributed by atoms with van der Waals surface area (Å²) in [6.45, 7) is 5.26. The average molecular weight is 296 g/mol. The number of nitrogens with zero attached hydrogens (tertiary/aromatic N) is 1. The SMILES string of the molecule is c1ccc(C2CCCN2CC2CC3(CNC3)C2)c(C2CC2)c1. The highest BCUT2D eigenvalue weighted by atomic mass is 15.2. The van der Waals surface area contributed by atoms with Gasteiger partial charge in [0.15, 0.2) is 0 Å². The van der Waals surface area contributed by atoms with Gasteiger partial charge in [-0.2, -0.15) is 0 Å². The monoisotopic (exact) mass is 296 g/mol. The Labute approximate surface area is 134 Å². The Hall–Kier alpha value is -0.860. The van der Waals surface area contributed by atoms with Gasteiger partial charge in [-0.05, 0) is 73.4 Å². The van der Waals surface area contributed by atoms with Crippen LogP contribution in [0, 0.1) is 11.3 Å². The number of hydrogen-bond acceptors (Lipinski definition) is 2. The fraction of sp³-hybridized carbons (Fsp3) is 0.700. The fourth-order valence-corrected chi connectivity index (χ4v) is 5.37. The van der Waals surface area contributed by atoms with Crippen molar-refractivity contribution in [1.82, 2.24) is 10.2 Å². The van der Waals surface area contributed by atoms with Crippen molar-refractivity contribution in [2.75, 3.05) is 26.2 Å². The quantitative estimate of drug-likeness (QED) is 0.911. The normalized spacial score (nSPS) is 31.2. The van der Waals surface area contributed by atoms with E-state index >= 15 is 0 Å². The van der Waals surface area contributed by atoms with Crippen molar-refractivity contribution >= 4 is 0 Å². The molecule has 0 amide bonds. The Bertz CT molecular complexity index is 551. The zero-order chi connectivity index (χ0) is 14.6. The van der Waals surface area contributed by atoms with Crippen LogP contribution in [-0.4, -0.2) is 31.1 Å². The summed E-state index contributed by atoms with van der Waals surface area (Å²) in [5.41, 5.74) is 4.07. The van der Waals surface area contributed by atoms with Crippen LogP contribution in [0.5, 0.6) is 0 Å². The van der Waals surface area contributed by atoms with Crippen LogP contribution in [-0.2, 0) is 0 Å². The van der Waals surface area contributed by atoms with Crippen LogP contribution in [0.15, 0.2) is 24.3 Å². The lowest BCUT2D eigenvalue weighted by Crippen LogP contribution is -2.61. The lowest BCUT2D eigenvalue weighted by atomic mass is 9.58. The van der Waals surface area contributed by atoms with E-state index in [1.165, 1.54) is 64.7 Å². The van der Waals surface area contributed by atoms with E-state index < -0.39 is 0 Å². The van der Waals surface area contributed by atoms with Crippen LogP contribution < -0.4 is 5.32 Å². The molecule has 1 aromatic carbocycles. The van der Waals surface area contributed by atoms with Crippen molar-refractivity contribution in [3.05, 3.63) is 35.4 Å². The van der Waals surface area contributed by atoms with E-state index in [0.717, 1.165) is 17.3 Å². The molecule has 0 radical (unpaired) electrons. The Morgan fingerprint density at radius 3 is 2.50 bits per heavy atom. The molecular weight excluding hydrogens is 268 g/mol. The van der Waals surface area contributed by atoms with Crippen LogP contribution in [0.1, 0.15) is 61.6 Å². The molecule has 1 atom stereocenters. The zero-order valence-electron chi connectivity index (χ0n) is 13.6. The van der Waals surface area contributed by atoms with Crippen molar-refractivity contribution < 1.29 is 0 Å². The van der Waals surface area contributed by atoms with Gasteiger partial charge in [-0.25, -0.2) is 0 Å². The van der Waals surface area contributed by atoms with Crippen molar-refractivity contribution in [2.45, 2.75) is 50.5 Å². The first-order valence-corrected chi connectivity index (χ1v) is 9.37. The van der Waals surface area contributed by atoms with E-state index in [-0.39, 0.29) is 0 Å². The summed E-state index contributed by atoms with van der Waals surface area (Å²) in [5, 5.41) is 3.47. The molecule has 0 aromatic heterocycles. The van der Waals surface area contributed by atoms with Gasteiger partial charge in [-0.3, -0.25) is 4.90 Å². The van der Waals surface area contributed by atoms with Gasteiger partial charge in [-0.1, -0.05) is 24.3 Å². The minimum absolute atomic E-state index is 0.716. The van der Waals surface area contributed by atoms with Crippen LogP contribution in [0.3, 0.4) is 0 Å². The second-order valence-electron chi connectivity index (χ2n) is 8.43. The third kappa shape index (κ3) is 2.23. The summed E-state index contributed by atoms with van der Waals surface area (Å²) in [6, 6.07) is 10.1.